The minimum atomic E-state index is -0.375. The van der Waals surface area contributed by atoms with Crippen LogP contribution in [0.4, 0.5) is 0 Å². The van der Waals surface area contributed by atoms with Crippen molar-refractivity contribution in [2.24, 2.45) is 5.92 Å². The first-order valence-corrected chi connectivity index (χ1v) is 6.62. The number of aliphatic hydroxyl groups is 1. The van der Waals surface area contributed by atoms with Gasteiger partial charge in [0.2, 0.25) is 0 Å². The maximum atomic E-state index is 10.2. The SMILES string of the molecule is CCOc1cccc(C(O)CC(CC)CC)c1. The zero-order chi connectivity index (χ0) is 12.7. The molecule has 2 nitrogen and oxygen atoms in total. The van der Waals surface area contributed by atoms with Crippen molar-refractivity contribution >= 4 is 0 Å². The van der Waals surface area contributed by atoms with Gasteiger partial charge in [0.1, 0.15) is 5.75 Å². The summed E-state index contributed by atoms with van der Waals surface area (Å²) < 4.78 is 5.44. The van der Waals surface area contributed by atoms with Gasteiger partial charge in [0.05, 0.1) is 12.7 Å². The summed E-state index contributed by atoms with van der Waals surface area (Å²) in [5.41, 5.74) is 0.961. The highest BCUT2D eigenvalue weighted by atomic mass is 16.5. The second kappa shape index (κ2) is 7.33. The van der Waals surface area contributed by atoms with Crippen LogP contribution in [0.15, 0.2) is 24.3 Å². The molecular weight excluding hydrogens is 212 g/mol. The molecule has 0 fully saturated rings. The van der Waals surface area contributed by atoms with Crippen molar-refractivity contribution in [3.63, 3.8) is 0 Å². The van der Waals surface area contributed by atoms with E-state index in [0.29, 0.717) is 12.5 Å². The third kappa shape index (κ3) is 4.39. The maximum Gasteiger partial charge on any atom is 0.119 e. The molecule has 2 heteroatoms. The summed E-state index contributed by atoms with van der Waals surface area (Å²) in [6, 6.07) is 7.78. The van der Waals surface area contributed by atoms with E-state index in [1.165, 1.54) is 0 Å². The minimum Gasteiger partial charge on any atom is -0.494 e. The molecule has 0 bridgehead atoms. The fraction of sp³-hybridized carbons (Fsp3) is 0.600. The Morgan fingerprint density at radius 3 is 2.47 bits per heavy atom. The fourth-order valence-corrected chi connectivity index (χ4v) is 2.05. The molecule has 0 aliphatic carbocycles. The number of benzene rings is 1. The van der Waals surface area contributed by atoms with E-state index in [0.717, 1.165) is 30.6 Å². The molecule has 1 atom stereocenters. The third-order valence-corrected chi connectivity index (χ3v) is 3.27. The van der Waals surface area contributed by atoms with E-state index in [9.17, 15) is 5.11 Å². The quantitative estimate of drug-likeness (QED) is 0.777. The Bertz CT molecular complexity index is 318. The average molecular weight is 236 g/mol. The van der Waals surface area contributed by atoms with Gasteiger partial charge in [-0.05, 0) is 37.0 Å². The molecular formula is C15H24O2. The van der Waals surface area contributed by atoms with E-state index in [2.05, 4.69) is 13.8 Å². The van der Waals surface area contributed by atoms with Gasteiger partial charge in [-0.3, -0.25) is 0 Å². The van der Waals surface area contributed by atoms with Crippen molar-refractivity contribution in [3.05, 3.63) is 29.8 Å². The highest BCUT2D eigenvalue weighted by molar-refractivity contribution is 5.29. The van der Waals surface area contributed by atoms with Crippen LogP contribution in [0.1, 0.15) is 51.7 Å². The van der Waals surface area contributed by atoms with Gasteiger partial charge in [-0.1, -0.05) is 38.8 Å². The lowest BCUT2D eigenvalue weighted by molar-refractivity contribution is 0.141. The van der Waals surface area contributed by atoms with Gasteiger partial charge < -0.3 is 9.84 Å². The van der Waals surface area contributed by atoms with Gasteiger partial charge in [-0.25, -0.2) is 0 Å². The molecule has 1 aromatic carbocycles. The second-order valence-electron chi connectivity index (χ2n) is 4.44. The van der Waals surface area contributed by atoms with Gasteiger partial charge >= 0.3 is 0 Å². The van der Waals surface area contributed by atoms with Crippen LogP contribution in [0, 0.1) is 5.92 Å². The molecule has 0 aromatic heterocycles. The van der Waals surface area contributed by atoms with Gasteiger partial charge in [0.25, 0.3) is 0 Å². The Hall–Kier alpha value is -1.02. The van der Waals surface area contributed by atoms with E-state index < -0.39 is 0 Å². The molecule has 0 aliphatic rings. The Labute approximate surface area is 105 Å². The van der Waals surface area contributed by atoms with Gasteiger partial charge in [-0.2, -0.15) is 0 Å². The molecule has 0 amide bonds. The zero-order valence-corrected chi connectivity index (χ0v) is 11.1. The van der Waals surface area contributed by atoms with Crippen LogP contribution < -0.4 is 4.74 Å². The zero-order valence-electron chi connectivity index (χ0n) is 11.1. The van der Waals surface area contributed by atoms with Crippen molar-refractivity contribution in [1.82, 2.24) is 0 Å². The highest BCUT2D eigenvalue weighted by Crippen LogP contribution is 2.27. The number of rotatable bonds is 7. The summed E-state index contributed by atoms with van der Waals surface area (Å²) in [4.78, 5) is 0. The number of aliphatic hydroxyl groups excluding tert-OH is 1. The molecule has 1 unspecified atom stereocenters. The number of hydrogen-bond acceptors (Lipinski definition) is 2. The lowest BCUT2D eigenvalue weighted by Gasteiger charge is -2.18. The summed E-state index contributed by atoms with van der Waals surface area (Å²) in [5, 5.41) is 10.2. The summed E-state index contributed by atoms with van der Waals surface area (Å²) in [6.45, 7) is 6.98. The molecule has 1 aromatic rings. The van der Waals surface area contributed by atoms with Crippen molar-refractivity contribution < 1.29 is 9.84 Å². The summed E-state index contributed by atoms with van der Waals surface area (Å²) >= 11 is 0. The first kappa shape index (κ1) is 14.0. The van der Waals surface area contributed by atoms with Crippen LogP contribution in [0.2, 0.25) is 0 Å². The number of hydrogen-bond donors (Lipinski definition) is 1. The van der Waals surface area contributed by atoms with Crippen molar-refractivity contribution in [2.45, 2.75) is 46.1 Å². The Balaban J connectivity index is 2.67. The van der Waals surface area contributed by atoms with Gasteiger partial charge in [0, 0.05) is 0 Å². The molecule has 1 N–H and O–H groups in total. The van der Waals surface area contributed by atoms with Crippen LogP contribution >= 0.6 is 0 Å². The first-order valence-electron chi connectivity index (χ1n) is 6.62. The monoisotopic (exact) mass is 236 g/mol. The van der Waals surface area contributed by atoms with Crippen molar-refractivity contribution in [3.8, 4) is 5.75 Å². The summed E-state index contributed by atoms with van der Waals surface area (Å²) in [6.07, 6.45) is 2.71. The predicted molar refractivity (Wildman–Crippen MR) is 71.3 cm³/mol. The standard InChI is InChI=1S/C15H24O2/c1-4-12(5-2)10-15(16)13-8-7-9-14(11-13)17-6-3/h7-9,11-12,15-16H,4-6,10H2,1-3H3. The predicted octanol–water partition coefficient (Wildman–Crippen LogP) is 3.95. The lowest BCUT2D eigenvalue weighted by atomic mass is 9.93. The van der Waals surface area contributed by atoms with E-state index in [4.69, 9.17) is 4.74 Å². The molecule has 0 aliphatic heterocycles. The molecule has 96 valence electrons. The fourth-order valence-electron chi connectivity index (χ4n) is 2.05. The molecule has 0 heterocycles. The van der Waals surface area contributed by atoms with Crippen LogP contribution in [0.25, 0.3) is 0 Å². The molecule has 0 saturated carbocycles. The van der Waals surface area contributed by atoms with E-state index >= 15 is 0 Å². The Morgan fingerprint density at radius 1 is 1.18 bits per heavy atom. The van der Waals surface area contributed by atoms with Crippen LogP contribution in [-0.2, 0) is 0 Å². The average Bonchev–Trinajstić information content (AvgIpc) is 2.36. The van der Waals surface area contributed by atoms with E-state index in [-0.39, 0.29) is 6.10 Å². The van der Waals surface area contributed by atoms with E-state index in [1.54, 1.807) is 0 Å². The molecule has 17 heavy (non-hydrogen) atoms. The van der Waals surface area contributed by atoms with Crippen molar-refractivity contribution in [1.29, 1.82) is 0 Å². The molecule has 1 rings (SSSR count). The second-order valence-corrected chi connectivity index (χ2v) is 4.44. The summed E-state index contributed by atoms with van der Waals surface area (Å²) in [7, 11) is 0. The molecule has 0 spiro atoms. The Kier molecular flexibility index (Phi) is 6.06. The van der Waals surface area contributed by atoms with Gasteiger partial charge in [0.15, 0.2) is 0 Å². The third-order valence-electron chi connectivity index (χ3n) is 3.27. The molecule has 0 saturated heterocycles. The smallest absolute Gasteiger partial charge is 0.119 e. The van der Waals surface area contributed by atoms with Crippen LogP contribution in [0.5, 0.6) is 5.75 Å². The van der Waals surface area contributed by atoms with Crippen LogP contribution in [-0.4, -0.2) is 11.7 Å². The normalized spacial score (nSPS) is 12.8. The minimum absolute atomic E-state index is 0.375. The van der Waals surface area contributed by atoms with Crippen molar-refractivity contribution in [2.75, 3.05) is 6.61 Å². The molecule has 0 radical (unpaired) electrons. The van der Waals surface area contributed by atoms with Gasteiger partial charge in [-0.15, -0.1) is 0 Å². The topological polar surface area (TPSA) is 29.5 Å². The van der Waals surface area contributed by atoms with Crippen LogP contribution in [0.3, 0.4) is 0 Å². The largest absolute Gasteiger partial charge is 0.494 e. The van der Waals surface area contributed by atoms with E-state index in [1.807, 2.05) is 31.2 Å². The maximum absolute atomic E-state index is 10.2. The lowest BCUT2D eigenvalue weighted by Crippen LogP contribution is -2.06. The number of ether oxygens (including phenoxy) is 1. The Morgan fingerprint density at radius 2 is 1.88 bits per heavy atom. The summed E-state index contributed by atoms with van der Waals surface area (Å²) in [5.74, 6) is 1.44. The highest BCUT2D eigenvalue weighted by Gasteiger charge is 2.13. The first-order chi connectivity index (χ1) is 8.21.